The average Bonchev–Trinajstić information content (AvgIpc) is 3.92. The van der Waals surface area contributed by atoms with Crippen molar-refractivity contribution in [3.63, 3.8) is 0 Å². The summed E-state index contributed by atoms with van der Waals surface area (Å²) in [5.74, 6) is -4.75. The number of benzene rings is 3. The van der Waals surface area contributed by atoms with E-state index >= 15 is 0 Å². The minimum atomic E-state index is -4.08. The topological polar surface area (TPSA) is 201 Å². The van der Waals surface area contributed by atoms with Crippen molar-refractivity contribution in [2.24, 2.45) is 0 Å². The molecule has 4 N–H and O–H groups in total. The highest BCUT2D eigenvalue weighted by molar-refractivity contribution is 7.92. The molecule has 1 fully saturated rings. The number of hydrogen-bond donors (Lipinski definition) is 4. The number of rotatable bonds is 15. The molecule has 0 radical (unpaired) electrons. The van der Waals surface area contributed by atoms with Gasteiger partial charge in [-0.3, -0.25) is 23.5 Å². The van der Waals surface area contributed by atoms with Crippen LogP contribution in [-0.4, -0.2) is 75.5 Å². The third kappa shape index (κ3) is 9.12. The molecule has 0 spiro atoms. The summed E-state index contributed by atoms with van der Waals surface area (Å²) in [7, 11) is -2.63. The van der Waals surface area contributed by atoms with Crippen LogP contribution in [0.5, 0.6) is 0 Å². The number of aliphatic hydroxyl groups is 1. The quantitative estimate of drug-likeness (QED) is 0.0587. The standard InChI is InChI=1S/C38H39FN4O10S/c1-5-52-38(49)31(45)18-30(44)25-8-6-7-22(15-25)19-41-36(47)21(2)42-33(46)20-43(54(4,50)51)29-17-32-28(16-27(29)23-9-10-23)34(37(48)40-3)35(53-32)24-11-13-26(39)14-12-24/h6-8,11-18,21,23,45H,5,9-10,19-20H2,1-4H3,(H,40,48)(H,41,47)(H,42,46). The van der Waals surface area contributed by atoms with E-state index in [2.05, 4.69) is 20.7 Å². The first-order valence-electron chi connectivity index (χ1n) is 17.0. The second-order valence-electron chi connectivity index (χ2n) is 12.7. The van der Waals surface area contributed by atoms with Gasteiger partial charge in [-0.2, -0.15) is 0 Å². The molecule has 5 rings (SSSR count). The van der Waals surface area contributed by atoms with Crippen molar-refractivity contribution >= 4 is 56.2 Å². The average molecular weight is 763 g/mol. The molecule has 1 aliphatic carbocycles. The molecule has 3 amide bonds. The molecule has 4 aromatic rings. The van der Waals surface area contributed by atoms with E-state index in [0.29, 0.717) is 22.1 Å². The van der Waals surface area contributed by atoms with Crippen LogP contribution in [-0.2, 0) is 35.7 Å². The highest BCUT2D eigenvalue weighted by Gasteiger charge is 2.34. The van der Waals surface area contributed by atoms with E-state index in [1.54, 1.807) is 25.1 Å². The van der Waals surface area contributed by atoms with Crippen molar-refractivity contribution in [1.82, 2.24) is 16.0 Å². The monoisotopic (exact) mass is 762 g/mol. The van der Waals surface area contributed by atoms with Gasteiger partial charge in [-0.05, 0) is 80.1 Å². The number of esters is 1. The minimum absolute atomic E-state index is 0.0161. The Balaban J connectivity index is 1.33. The molecule has 1 unspecified atom stereocenters. The Morgan fingerprint density at radius 1 is 1.07 bits per heavy atom. The van der Waals surface area contributed by atoms with Gasteiger partial charge in [0.1, 0.15) is 29.7 Å². The van der Waals surface area contributed by atoms with Gasteiger partial charge in [0.05, 0.1) is 24.1 Å². The Morgan fingerprint density at radius 3 is 2.41 bits per heavy atom. The smallest absolute Gasteiger partial charge is 0.373 e. The number of anilines is 1. The number of nitrogens with one attached hydrogen (secondary N) is 3. The lowest BCUT2D eigenvalue weighted by Crippen LogP contribution is -2.48. The molecule has 1 saturated carbocycles. The van der Waals surface area contributed by atoms with E-state index < -0.39 is 63.7 Å². The maximum Gasteiger partial charge on any atom is 0.373 e. The van der Waals surface area contributed by atoms with E-state index in [1.165, 1.54) is 56.4 Å². The first-order chi connectivity index (χ1) is 25.6. The number of ether oxygens (including phenoxy) is 1. The van der Waals surface area contributed by atoms with Gasteiger partial charge in [0.2, 0.25) is 27.6 Å². The molecule has 1 aliphatic rings. The molecule has 1 atom stereocenters. The van der Waals surface area contributed by atoms with Gasteiger partial charge in [-0.25, -0.2) is 17.6 Å². The van der Waals surface area contributed by atoms with E-state index in [0.717, 1.165) is 29.5 Å². The molecule has 0 saturated heterocycles. The summed E-state index contributed by atoms with van der Waals surface area (Å²) in [6, 6.07) is 13.5. The van der Waals surface area contributed by atoms with Crippen molar-refractivity contribution < 1.29 is 51.0 Å². The molecule has 54 heavy (non-hydrogen) atoms. The van der Waals surface area contributed by atoms with Gasteiger partial charge in [-0.15, -0.1) is 0 Å². The Bertz CT molecular complexity index is 2260. The van der Waals surface area contributed by atoms with E-state index in [1.807, 2.05) is 0 Å². The number of carbonyl (C=O) groups is 5. The zero-order valence-electron chi connectivity index (χ0n) is 29.9. The number of halogens is 1. The van der Waals surface area contributed by atoms with Crippen LogP contribution in [0, 0.1) is 5.82 Å². The number of hydrogen-bond acceptors (Lipinski definition) is 10. The van der Waals surface area contributed by atoms with Crippen LogP contribution in [0.15, 0.2) is 76.9 Å². The molecule has 0 bridgehead atoms. The van der Waals surface area contributed by atoms with Gasteiger partial charge in [0.15, 0.2) is 5.78 Å². The molecular weight excluding hydrogens is 724 g/mol. The molecule has 284 valence electrons. The van der Waals surface area contributed by atoms with Crippen molar-refractivity contribution in [3.8, 4) is 11.3 Å². The van der Waals surface area contributed by atoms with Crippen LogP contribution < -0.4 is 20.3 Å². The predicted octanol–water partition coefficient (Wildman–Crippen LogP) is 4.25. The number of allylic oxidation sites excluding steroid dienone is 1. The van der Waals surface area contributed by atoms with Crippen molar-refractivity contribution in [2.75, 3.05) is 30.8 Å². The first-order valence-corrected chi connectivity index (χ1v) is 18.8. The number of amides is 3. The number of aliphatic hydroxyl groups excluding tert-OH is 1. The van der Waals surface area contributed by atoms with Crippen LogP contribution in [0.4, 0.5) is 10.1 Å². The SMILES string of the molecule is CCOC(=O)C(O)=CC(=O)c1cccc(CNC(=O)C(C)NC(=O)CN(c2cc3oc(-c4ccc(F)cc4)c(C(=O)NC)c3cc2C2CC2)S(C)(=O)=O)c1. The van der Waals surface area contributed by atoms with Gasteiger partial charge in [0.25, 0.3) is 5.91 Å². The Kier molecular flexibility index (Phi) is 11.8. The van der Waals surface area contributed by atoms with Gasteiger partial charge in [-0.1, -0.05) is 18.2 Å². The Labute approximate surface area is 310 Å². The summed E-state index contributed by atoms with van der Waals surface area (Å²) in [5, 5.41) is 18.0. The summed E-state index contributed by atoms with van der Waals surface area (Å²) in [6.07, 6.45) is 3.19. The zero-order chi connectivity index (χ0) is 39.3. The molecule has 1 aromatic heterocycles. The Hall–Kier alpha value is -6.03. The lowest BCUT2D eigenvalue weighted by atomic mass is 10.0. The first kappa shape index (κ1) is 39.2. The van der Waals surface area contributed by atoms with Crippen LogP contribution in [0.1, 0.15) is 64.4 Å². The third-order valence-corrected chi connectivity index (χ3v) is 9.70. The van der Waals surface area contributed by atoms with E-state index in [-0.39, 0.29) is 47.2 Å². The fourth-order valence-corrected chi connectivity index (χ4v) is 6.62. The number of fused-ring (bicyclic) bond motifs is 1. The van der Waals surface area contributed by atoms with E-state index in [9.17, 15) is 41.9 Å². The van der Waals surface area contributed by atoms with E-state index in [4.69, 9.17) is 4.42 Å². The normalized spacial score (nSPS) is 13.5. The molecule has 14 nitrogen and oxygen atoms in total. The highest BCUT2D eigenvalue weighted by atomic mass is 32.2. The third-order valence-electron chi connectivity index (χ3n) is 8.57. The van der Waals surface area contributed by atoms with Crippen LogP contribution in [0.25, 0.3) is 22.3 Å². The Morgan fingerprint density at radius 2 is 1.78 bits per heavy atom. The summed E-state index contributed by atoms with van der Waals surface area (Å²) in [5.41, 5.74) is 2.21. The fraction of sp³-hybridized carbons (Fsp3) is 0.289. The largest absolute Gasteiger partial charge is 0.502 e. The molecule has 0 aliphatic heterocycles. The van der Waals surface area contributed by atoms with Gasteiger partial charge >= 0.3 is 5.97 Å². The number of nitrogens with zero attached hydrogens (tertiary/aromatic N) is 1. The van der Waals surface area contributed by atoms with Crippen LogP contribution in [0.3, 0.4) is 0 Å². The zero-order valence-corrected chi connectivity index (χ0v) is 30.7. The number of furan rings is 1. The number of carbonyl (C=O) groups excluding carboxylic acids is 5. The van der Waals surface area contributed by atoms with Gasteiger partial charge < -0.3 is 30.2 Å². The van der Waals surface area contributed by atoms with Crippen LogP contribution >= 0.6 is 0 Å². The van der Waals surface area contributed by atoms with Crippen LogP contribution in [0.2, 0.25) is 0 Å². The summed E-state index contributed by atoms with van der Waals surface area (Å²) in [4.78, 5) is 63.6. The lowest BCUT2D eigenvalue weighted by molar-refractivity contribution is -0.141. The lowest BCUT2D eigenvalue weighted by Gasteiger charge is -2.25. The number of ketones is 1. The summed E-state index contributed by atoms with van der Waals surface area (Å²) in [6.45, 7) is 2.26. The maximum absolute atomic E-state index is 13.7. The maximum atomic E-state index is 13.7. The summed E-state index contributed by atoms with van der Waals surface area (Å²) < 4.78 is 51.9. The summed E-state index contributed by atoms with van der Waals surface area (Å²) >= 11 is 0. The number of sulfonamides is 1. The molecule has 16 heteroatoms. The highest BCUT2D eigenvalue weighted by Crippen LogP contribution is 2.48. The minimum Gasteiger partial charge on any atom is -0.502 e. The van der Waals surface area contributed by atoms with Crippen molar-refractivity contribution in [1.29, 1.82) is 0 Å². The molecular formula is C38H39FN4O10S. The second kappa shape index (κ2) is 16.3. The second-order valence-corrected chi connectivity index (χ2v) is 14.6. The van der Waals surface area contributed by atoms with Crippen molar-refractivity contribution in [2.45, 2.75) is 45.2 Å². The molecule has 3 aromatic carbocycles. The molecule has 1 heterocycles. The fourth-order valence-electron chi connectivity index (χ4n) is 5.75. The predicted molar refractivity (Wildman–Crippen MR) is 197 cm³/mol. The van der Waals surface area contributed by atoms with Gasteiger partial charge in [0, 0.05) is 42.2 Å². The van der Waals surface area contributed by atoms with Crippen molar-refractivity contribution in [3.05, 3.63) is 101 Å².